The molecule has 7 heteroatoms. The fourth-order valence-corrected chi connectivity index (χ4v) is 2.78. The summed E-state index contributed by atoms with van der Waals surface area (Å²) >= 11 is 0. The molecule has 0 saturated heterocycles. The third-order valence-corrected chi connectivity index (χ3v) is 4.83. The highest BCUT2D eigenvalue weighted by Gasteiger charge is 2.18. The summed E-state index contributed by atoms with van der Waals surface area (Å²) in [5.74, 6) is 1.25. The molecule has 1 rings (SSSR count). The van der Waals surface area contributed by atoms with Crippen molar-refractivity contribution in [1.82, 2.24) is 14.6 Å². The van der Waals surface area contributed by atoms with Gasteiger partial charge >= 0.3 is 0 Å². The number of sulfonamides is 1. The summed E-state index contributed by atoms with van der Waals surface area (Å²) in [5.41, 5.74) is 0. The molecule has 1 aromatic rings. The second-order valence-corrected chi connectivity index (χ2v) is 7.33. The van der Waals surface area contributed by atoms with Gasteiger partial charge in [0.25, 0.3) is 0 Å². The van der Waals surface area contributed by atoms with E-state index in [0.717, 1.165) is 18.9 Å². The first-order chi connectivity index (χ1) is 9.28. The molecule has 6 nitrogen and oxygen atoms in total. The van der Waals surface area contributed by atoms with Gasteiger partial charge in [0, 0.05) is 33.9 Å². The van der Waals surface area contributed by atoms with Gasteiger partial charge in [-0.2, -0.15) is 0 Å². The number of hydrogen-bond donors (Lipinski definition) is 1. The van der Waals surface area contributed by atoms with E-state index in [9.17, 15) is 8.42 Å². The predicted molar refractivity (Wildman–Crippen MR) is 81.5 cm³/mol. The number of aromatic nitrogens is 1. The molecule has 1 N–H and O–H groups in total. The Morgan fingerprint density at radius 2 is 1.95 bits per heavy atom. The van der Waals surface area contributed by atoms with Crippen LogP contribution in [-0.4, -0.2) is 59.0 Å². The van der Waals surface area contributed by atoms with Crippen LogP contribution in [0, 0.1) is 5.92 Å². The molecule has 114 valence electrons. The molecule has 0 amide bonds. The third kappa shape index (κ3) is 4.16. The van der Waals surface area contributed by atoms with E-state index in [4.69, 9.17) is 0 Å². The molecule has 20 heavy (non-hydrogen) atoms. The number of anilines is 1. The SMILES string of the molecule is CNCC(C)CN(C)c1ccc(S(=O)(=O)N(C)C)cn1. The van der Waals surface area contributed by atoms with Crippen LogP contribution >= 0.6 is 0 Å². The molecule has 1 unspecified atom stereocenters. The van der Waals surface area contributed by atoms with Gasteiger partial charge in [-0.25, -0.2) is 17.7 Å². The minimum atomic E-state index is -3.41. The van der Waals surface area contributed by atoms with Crippen molar-refractivity contribution in [3.63, 3.8) is 0 Å². The van der Waals surface area contributed by atoms with Crippen LogP contribution in [0.3, 0.4) is 0 Å². The number of nitrogens with one attached hydrogen (secondary N) is 1. The minimum absolute atomic E-state index is 0.211. The Morgan fingerprint density at radius 3 is 2.40 bits per heavy atom. The molecule has 1 atom stereocenters. The van der Waals surface area contributed by atoms with Gasteiger partial charge in [0.2, 0.25) is 10.0 Å². The van der Waals surface area contributed by atoms with Crippen molar-refractivity contribution in [2.45, 2.75) is 11.8 Å². The first-order valence-electron chi connectivity index (χ1n) is 6.53. The molecule has 0 aromatic carbocycles. The van der Waals surface area contributed by atoms with E-state index in [0.29, 0.717) is 5.92 Å². The molecule has 0 spiro atoms. The number of nitrogens with zero attached hydrogens (tertiary/aromatic N) is 3. The van der Waals surface area contributed by atoms with Crippen molar-refractivity contribution < 1.29 is 8.42 Å². The average molecular weight is 300 g/mol. The molecule has 0 fully saturated rings. The fraction of sp³-hybridized carbons (Fsp3) is 0.615. The maximum atomic E-state index is 11.9. The van der Waals surface area contributed by atoms with Gasteiger partial charge in [0.05, 0.1) is 0 Å². The van der Waals surface area contributed by atoms with Gasteiger partial charge in [0.1, 0.15) is 10.7 Å². The van der Waals surface area contributed by atoms with Crippen LogP contribution in [0.2, 0.25) is 0 Å². The molecule has 0 aliphatic carbocycles. The lowest BCUT2D eigenvalue weighted by Gasteiger charge is -2.22. The van der Waals surface area contributed by atoms with Gasteiger partial charge in [0.15, 0.2) is 0 Å². The maximum absolute atomic E-state index is 11.9. The van der Waals surface area contributed by atoms with Crippen LogP contribution in [0.1, 0.15) is 6.92 Å². The predicted octanol–water partition coefficient (Wildman–Crippen LogP) is 0.624. The lowest BCUT2D eigenvalue weighted by Crippen LogP contribution is -2.30. The summed E-state index contributed by atoms with van der Waals surface area (Å²) in [6.07, 6.45) is 1.41. The van der Waals surface area contributed by atoms with Crippen LogP contribution in [0.25, 0.3) is 0 Å². The van der Waals surface area contributed by atoms with Crippen molar-refractivity contribution >= 4 is 15.8 Å². The standard InChI is InChI=1S/C13H24N4O2S/c1-11(8-14-2)10-17(5)13-7-6-12(9-15-13)20(18,19)16(3)4/h6-7,9,11,14H,8,10H2,1-5H3. The zero-order valence-electron chi connectivity index (χ0n) is 12.8. The second-order valence-electron chi connectivity index (χ2n) is 5.18. The smallest absolute Gasteiger partial charge is 0.244 e. The summed E-state index contributed by atoms with van der Waals surface area (Å²) in [4.78, 5) is 6.47. The zero-order chi connectivity index (χ0) is 15.3. The second kappa shape index (κ2) is 7.01. The molecule has 0 saturated carbocycles. The molecule has 0 aliphatic heterocycles. The summed E-state index contributed by atoms with van der Waals surface area (Å²) in [6, 6.07) is 3.33. The van der Waals surface area contributed by atoms with Crippen LogP contribution in [0.5, 0.6) is 0 Å². The average Bonchev–Trinajstić information content (AvgIpc) is 2.38. The quantitative estimate of drug-likeness (QED) is 0.800. The van der Waals surface area contributed by atoms with Crippen LogP contribution in [-0.2, 0) is 10.0 Å². The number of hydrogen-bond acceptors (Lipinski definition) is 5. The summed E-state index contributed by atoms with van der Waals surface area (Å²) < 4.78 is 25.1. The molecule has 0 aliphatic rings. The van der Waals surface area contributed by atoms with Gasteiger partial charge in [-0.3, -0.25) is 0 Å². The summed E-state index contributed by atoms with van der Waals surface area (Å²) in [7, 11) is 3.49. The Bertz CT molecular complexity index is 514. The number of pyridine rings is 1. The van der Waals surface area contributed by atoms with E-state index >= 15 is 0 Å². The largest absolute Gasteiger partial charge is 0.359 e. The van der Waals surface area contributed by atoms with E-state index in [-0.39, 0.29) is 4.90 Å². The fourth-order valence-electron chi connectivity index (χ4n) is 1.94. The molecular formula is C13H24N4O2S. The van der Waals surface area contributed by atoms with Gasteiger partial charge < -0.3 is 10.2 Å². The molecule has 0 bridgehead atoms. The van der Waals surface area contributed by atoms with E-state index in [1.54, 1.807) is 12.1 Å². The van der Waals surface area contributed by atoms with Crippen LogP contribution in [0.4, 0.5) is 5.82 Å². The lowest BCUT2D eigenvalue weighted by atomic mass is 10.1. The highest BCUT2D eigenvalue weighted by molar-refractivity contribution is 7.89. The Kier molecular flexibility index (Phi) is 5.91. The van der Waals surface area contributed by atoms with E-state index in [1.165, 1.54) is 24.6 Å². The molecule has 1 heterocycles. The van der Waals surface area contributed by atoms with E-state index in [2.05, 4.69) is 17.2 Å². The number of rotatable bonds is 7. The summed E-state index contributed by atoms with van der Waals surface area (Å²) in [5, 5.41) is 3.13. The van der Waals surface area contributed by atoms with Crippen LogP contribution < -0.4 is 10.2 Å². The van der Waals surface area contributed by atoms with E-state index in [1.807, 2.05) is 19.0 Å². The van der Waals surface area contributed by atoms with Crippen molar-refractivity contribution in [3.8, 4) is 0 Å². The third-order valence-electron chi connectivity index (χ3n) is 3.03. The first kappa shape index (κ1) is 16.9. The molecule has 1 aromatic heterocycles. The van der Waals surface area contributed by atoms with Gasteiger partial charge in [-0.1, -0.05) is 6.92 Å². The Hall–Kier alpha value is -1.18. The van der Waals surface area contributed by atoms with Gasteiger partial charge in [-0.15, -0.1) is 0 Å². The summed E-state index contributed by atoms with van der Waals surface area (Å²) in [6.45, 7) is 3.93. The molecule has 0 radical (unpaired) electrons. The Labute approximate surface area is 121 Å². The topological polar surface area (TPSA) is 65.5 Å². The van der Waals surface area contributed by atoms with Gasteiger partial charge in [-0.05, 0) is 31.6 Å². The van der Waals surface area contributed by atoms with Crippen molar-refractivity contribution in [2.24, 2.45) is 5.92 Å². The van der Waals surface area contributed by atoms with Crippen molar-refractivity contribution in [1.29, 1.82) is 0 Å². The first-order valence-corrected chi connectivity index (χ1v) is 7.97. The van der Waals surface area contributed by atoms with Crippen LogP contribution in [0.15, 0.2) is 23.2 Å². The van der Waals surface area contributed by atoms with Crippen molar-refractivity contribution in [2.75, 3.05) is 46.2 Å². The Balaban J connectivity index is 2.81. The maximum Gasteiger partial charge on any atom is 0.244 e. The normalized spacial score (nSPS) is 13.5. The highest BCUT2D eigenvalue weighted by atomic mass is 32.2. The lowest BCUT2D eigenvalue weighted by molar-refractivity contribution is 0.520. The Morgan fingerprint density at radius 1 is 1.30 bits per heavy atom. The zero-order valence-corrected chi connectivity index (χ0v) is 13.6. The highest BCUT2D eigenvalue weighted by Crippen LogP contribution is 2.16. The minimum Gasteiger partial charge on any atom is -0.359 e. The van der Waals surface area contributed by atoms with E-state index < -0.39 is 10.0 Å². The monoisotopic (exact) mass is 300 g/mol. The molecular weight excluding hydrogens is 276 g/mol. The van der Waals surface area contributed by atoms with Crippen molar-refractivity contribution in [3.05, 3.63) is 18.3 Å².